The van der Waals surface area contributed by atoms with E-state index in [9.17, 15) is 0 Å². The summed E-state index contributed by atoms with van der Waals surface area (Å²) in [6, 6.07) is 0.355. The molecule has 5 nitrogen and oxygen atoms in total. The number of nitrogens with one attached hydrogen (secondary N) is 1. The highest BCUT2D eigenvalue weighted by atomic mass is 16.5. The molecule has 0 saturated carbocycles. The fourth-order valence-corrected chi connectivity index (χ4v) is 2.52. The molecule has 0 amide bonds. The van der Waals surface area contributed by atoms with E-state index in [0.29, 0.717) is 23.7 Å². The molecule has 0 radical (unpaired) electrons. The molecular weight excluding hydrogens is 242 g/mol. The number of hydrogen-bond donors (Lipinski definition) is 1. The fraction of sp³-hybridized carbons (Fsp3) is 0.857. The zero-order chi connectivity index (χ0) is 13.9. The number of likely N-dealkylation sites (N-methyl/N-ethyl adjacent to an activating group) is 1. The maximum absolute atomic E-state index is 5.84. The minimum atomic E-state index is -0.368. The Balaban J connectivity index is 2.06. The number of ether oxygens (including phenoxy) is 1. The summed E-state index contributed by atoms with van der Waals surface area (Å²) in [6.07, 6.45) is 4.00. The van der Waals surface area contributed by atoms with E-state index >= 15 is 0 Å². The van der Waals surface area contributed by atoms with Crippen LogP contribution in [-0.4, -0.2) is 29.8 Å². The third-order valence-corrected chi connectivity index (χ3v) is 3.98. The molecule has 2 rings (SSSR count). The van der Waals surface area contributed by atoms with Gasteiger partial charge in [0, 0.05) is 19.1 Å². The molecule has 2 heterocycles. The summed E-state index contributed by atoms with van der Waals surface area (Å²) >= 11 is 0. The lowest BCUT2D eigenvalue weighted by Gasteiger charge is -2.30. The van der Waals surface area contributed by atoms with E-state index in [4.69, 9.17) is 9.26 Å². The zero-order valence-electron chi connectivity index (χ0n) is 12.4. The molecule has 2 atom stereocenters. The van der Waals surface area contributed by atoms with Crippen molar-refractivity contribution in [3.8, 4) is 0 Å². The van der Waals surface area contributed by atoms with Crippen molar-refractivity contribution in [2.45, 2.75) is 58.1 Å². The number of aromatic nitrogens is 2. The minimum Gasteiger partial charge on any atom is -0.367 e. The topological polar surface area (TPSA) is 60.2 Å². The summed E-state index contributed by atoms with van der Waals surface area (Å²) in [6.45, 7) is 7.21. The van der Waals surface area contributed by atoms with Gasteiger partial charge in [-0.3, -0.25) is 0 Å². The average molecular weight is 267 g/mol. The van der Waals surface area contributed by atoms with Crippen molar-refractivity contribution >= 4 is 0 Å². The van der Waals surface area contributed by atoms with Crippen molar-refractivity contribution in [1.29, 1.82) is 0 Å². The van der Waals surface area contributed by atoms with Crippen LogP contribution >= 0.6 is 0 Å². The van der Waals surface area contributed by atoms with E-state index in [1.54, 1.807) is 0 Å². The van der Waals surface area contributed by atoms with Crippen molar-refractivity contribution in [2.75, 3.05) is 13.7 Å². The van der Waals surface area contributed by atoms with Gasteiger partial charge in [-0.1, -0.05) is 19.0 Å². The Hall–Kier alpha value is -0.940. The van der Waals surface area contributed by atoms with Gasteiger partial charge >= 0.3 is 0 Å². The molecule has 1 fully saturated rings. The van der Waals surface area contributed by atoms with Gasteiger partial charge in [0.2, 0.25) is 11.7 Å². The van der Waals surface area contributed by atoms with Crippen LogP contribution in [0, 0.1) is 5.92 Å². The molecule has 0 bridgehead atoms. The van der Waals surface area contributed by atoms with Gasteiger partial charge in [-0.05, 0) is 39.2 Å². The van der Waals surface area contributed by atoms with E-state index in [1.807, 2.05) is 7.05 Å². The quantitative estimate of drug-likeness (QED) is 0.886. The Bertz CT molecular complexity index is 397. The normalized spacial score (nSPS) is 25.7. The van der Waals surface area contributed by atoms with Crippen LogP contribution in [0.25, 0.3) is 0 Å². The molecule has 1 aliphatic rings. The average Bonchev–Trinajstić information content (AvgIpc) is 2.86. The second-order valence-electron chi connectivity index (χ2n) is 5.89. The highest BCUT2D eigenvalue weighted by Crippen LogP contribution is 2.32. The standard InChI is InChI=1S/C14H25N3O2/c1-10(2)11(15-4)9-12-16-13(17-19-12)14(3)7-5-6-8-18-14/h10-11,15H,5-9H2,1-4H3. The van der Waals surface area contributed by atoms with Crippen LogP contribution in [0.15, 0.2) is 4.52 Å². The molecule has 1 aromatic rings. The van der Waals surface area contributed by atoms with Gasteiger partial charge in [0.05, 0.1) is 0 Å². The lowest BCUT2D eigenvalue weighted by molar-refractivity contribution is -0.0770. The molecule has 5 heteroatoms. The molecule has 19 heavy (non-hydrogen) atoms. The van der Waals surface area contributed by atoms with Gasteiger partial charge in [0.25, 0.3) is 0 Å². The number of nitrogens with zero attached hydrogens (tertiary/aromatic N) is 2. The number of hydrogen-bond acceptors (Lipinski definition) is 5. The van der Waals surface area contributed by atoms with Crippen LogP contribution < -0.4 is 5.32 Å². The van der Waals surface area contributed by atoms with Crippen LogP contribution in [0.3, 0.4) is 0 Å². The summed E-state index contributed by atoms with van der Waals surface area (Å²) in [7, 11) is 1.97. The highest BCUT2D eigenvalue weighted by Gasteiger charge is 2.35. The summed E-state index contributed by atoms with van der Waals surface area (Å²) < 4.78 is 11.2. The zero-order valence-corrected chi connectivity index (χ0v) is 12.4. The first-order valence-electron chi connectivity index (χ1n) is 7.19. The fourth-order valence-electron chi connectivity index (χ4n) is 2.52. The van der Waals surface area contributed by atoms with Crippen LogP contribution in [0.2, 0.25) is 0 Å². The lowest BCUT2D eigenvalue weighted by atomic mass is 9.95. The molecule has 0 aliphatic carbocycles. The predicted molar refractivity (Wildman–Crippen MR) is 72.8 cm³/mol. The Kier molecular flexibility index (Phi) is 4.58. The van der Waals surface area contributed by atoms with Gasteiger partial charge in [-0.15, -0.1) is 0 Å². The molecule has 108 valence electrons. The van der Waals surface area contributed by atoms with Crippen LogP contribution in [0.1, 0.15) is 51.7 Å². The van der Waals surface area contributed by atoms with Crippen LogP contribution in [0.5, 0.6) is 0 Å². The van der Waals surface area contributed by atoms with E-state index in [-0.39, 0.29) is 5.60 Å². The second-order valence-corrected chi connectivity index (χ2v) is 5.89. The molecule has 1 aliphatic heterocycles. The SMILES string of the molecule is CNC(Cc1nc(C2(C)CCCCO2)no1)C(C)C. The Morgan fingerprint density at radius 1 is 1.37 bits per heavy atom. The molecular formula is C14H25N3O2. The van der Waals surface area contributed by atoms with Gasteiger partial charge in [0.15, 0.2) is 0 Å². The van der Waals surface area contributed by atoms with E-state index in [2.05, 4.69) is 36.2 Å². The third-order valence-electron chi connectivity index (χ3n) is 3.98. The molecule has 1 aromatic heterocycles. The van der Waals surface area contributed by atoms with Gasteiger partial charge in [-0.25, -0.2) is 0 Å². The van der Waals surface area contributed by atoms with Gasteiger partial charge in [-0.2, -0.15) is 4.98 Å². The van der Waals surface area contributed by atoms with E-state index in [0.717, 1.165) is 32.3 Å². The van der Waals surface area contributed by atoms with Crippen molar-refractivity contribution in [3.63, 3.8) is 0 Å². The lowest BCUT2D eigenvalue weighted by Crippen LogP contribution is -2.33. The Labute approximate surface area is 115 Å². The minimum absolute atomic E-state index is 0.355. The summed E-state index contributed by atoms with van der Waals surface area (Å²) in [5.74, 6) is 1.92. The van der Waals surface area contributed by atoms with Crippen molar-refractivity contribution in [3.05, 3.63) is 11.7 Å². The largest absolute Gasteiger partial charge is 0.367 e. The highest BCUT2D eigenvalue weighted by molar-refractivity contribution is 5.01. The summed E-state index contributed by atoms with van der Waals surface area (Å²) in [5, 5.41) is 7.41. The molecule has 1 saturated heterocycles. The van der Waals surface area contributed by atoms with Crippen LogP contribution in [0.4, 0.5) is 0 Å². The van der Waals surface area contributed by atoms with Gasteiger partial charge < -0.3 is 14.6 Å². The first kappa shape index (κ1) is 14.5. The van der Waals surface area contributed by atoms with Gasteiger partial charge in [0.1, 0.15) is 5.60 Å². The predicted octanol–water partition coefficient (Wildman–Crippen LogP) is 2.27. The summed E-state index contributed by atoms with van der Waals surface area (Å²) in [5.41, 5.74) is -0.368. The summed E-state index contributed by atoms with van der Waals surface area (Å²) in [4.78, 5) is 4.53. The Morgan fingerprint density at radius 3 is 2.74 bits per heavy atom. The van der Waals surface area contributed by atoms with Crippen molar-refractivity contribution < 1.29 is 9.26 Å². The molecule has 0 aromatic carbocycles. The molecule has 0 spiro atoms. The maximum Gasteiger partial charge on any atom is 0.228 e. The van der Waals surface area contributed by atoms with Crippen molar-refractivity contribution in [2.24, 2.45) is 5.92 Å². The number of rotatable bonds is 5. The first-order chi connectivity index (χ1) is 9.05. The molecule has 1 N–H and O–H groups in total. The maximum atomic E-state index is 5.84. The van der Waals surface area contributed by atoms with Crippen molar-refractivity contribution in [1.82, 2.24) is 15.5 Å². The molecule has 2 unspecified atom stereocenters. The smallest absolute Gasteiger partial charge is 0.228 e. The van der Waals surface area contributed by atoms with E-state index in [1.165, 1.54) is 0 Å². The Morgan fingerprint density at radius 2 is 2.16 bits per heavy atom. The van der Waals surface area contributed by atoms with Crippen LogP contribution in [-0.2, 0) is 16.8 Å². The van der Waals surface area contributed by atoms with E-state index < -0.39 is 0 Å². The third kappa shape index (κ3) is 3.34. The monoisotopic (exact) mass is 267 g/mol. The first-order valence-corrected chi connectivity index (χ1v) is 7.19. The second kappa shape index (κ2) is 6.01.